The van der Waals surface area contributed by atoms with E-state index in [-0.39, 0.29) is 0 Å². The third-order valence-corrected chi connectivity index (χ3v) is 3.06. The maximum absolute atomic E-state index is 4.48. The van der Waals surface area contributed by atoms with Gasteiger partial charge >= 0.3 is 0 Å². The molecule has 0 bridgehead atoms. The van der Waals surface area contributed by atoms with Gasteiger partial charge < -0.3 is 4.90 Å². The largest absolute Gasteiger partial charge is 0.371 e. The van der Waals surface area contributed by atoms with E-state index < -0.39 is 0 Å². The lowest BCUT2D eigenvalue weighted by Gasteiger charge is -2.21. The van der Waals surface area contributed by atoms with Crippen LogP contribution in [0.25, 0.3) is 0 Å². The number of aromatic nitrogens is 1. The Labute approximate surface area is 86.0 Å². The summed E-state index contributed by atoms with van der Waals surface area (Å²) in [4.78, 5) is 6.96. The van der Waals surface area contributed by atoms with Crippen molar-refractivity contribution in [1.29, 1.82) is 0 Å². The molecule has 76 valence electrons. The average molecular weight is 190 g/mol. The molecule has 1 aromatic rings. The quantitative estimate of drug-likeness (QED) is 0.676. The molecule has 1 fully saturated rings. The lowest BCUT2D eigenvalue weighted by molar-refractivity contribution is 0.943. The summed E-state index contributed by atoms with van der Waals surface area (Å²) >= 11 is 0. The van der Waals surface area contributed by atoms with Crippen LogP contribution in [0.5, 0.6) is 0 Å². The van der Waals surface area contributed by atoms with Gasteiger partial charge in [0, 0.05) is 30.2 Å². The van der Waals surface area contributed by atoms with Gasteiger partial charge in [0.15, 0.2) is 0 Å². The van der Waals surface area contributed by atoms with Crippen molar-refractivity contribution in [2.45, 2.75) is 33.6 Å². The highest BCUT2D eigenvalue weighted by atomic mass is 15.1. The summed E-state index contributed by atoms with van der Waals surface area (Å²) in [6.45, 7) is 8.77. The van der Waals surface area contributed by atoms with Gasteiger partial charge in [-0.3, -0.25) is 4.98 Å². The van der Waals surface area contributed by atoms with Crippen molar-refractivity contribution in [3.8, 4) is 0 Å². The Hall–Kier alpha value is -1.05. The van der Waals surface area contributed by atoms with Crippen molar-refractivity contribution in [2.75, 3.05) is 18.0 Å². The van der Waals surface area contributed by atoms with Crippen molar-refractivity contribution in [2.24, 2.45) is 0 Å². The van der Waals surface area contributed by atoms with E-state index in [1.54, 1.807) is 0 Å². The first kappa shape index (κ1) is 9.50. The second kappa shape index (κ2) is 3.60. The van der Waals surface area contributed by atoms with Crippen LogP contribution in [0.3, 0.4) is 0 Å². The molecule has 0 N–H and O–H groups in total. The summed E-state index contributed by atoms with van der Waals surface area (Å²) in [7, 11) is 0. The number of hydrogen-bond donors (Lipinski definition) is 0. The predicted molar refractivity (Wildman–Crippen MR) is 59.9 cm³/mol. The third kappa shape index (κ3) is 1.61. The second-order valence-electron chi connectivity index (χ2n) is 4.19. The summed E-state index contributed by atoms with van der Waals surface area (Å²) < 4.78 is 0. The van der Waals surface area contributed by atoms with E-state index in [1.807, 2.05) is 0 Å². The van der Waals surface area contributed by atoms with E-state index in [4.69, 9.17) is 0 Å². The van der Waals surface area contributed by atoms with Gasteiger partial charge in [-0.15, -0.1) is 0 Å². The SMILES string of the molecule is Cc1cc(N2CCCC2)c(C)c(C)n1. The molecule has 0 saturated carbocycles. The van der Waals surface area contributed by atoms with E-state index in [9.17, 15) is 0 Å². The zero-order valence-corrected chi connectivity index (χ0v) is 9.30. The standard InChI is InChI=1S/C12H18N2/c1-9-8-12(10(2)11(3)13-9)14-6-4-5-7-14/h8H,4-7H2,1-3H3. The predicted octanol–water partition coefficient (Wildman–Crippen LogP) is 2.61. The highest BCUT2D eigenvalue weighted by Gasteiger charge is 2.15. The number of rotatable bonds is 1. The topological polar surface area (TPSA) is 16.1 Å². The van der Waals surface area contributed by atoms with E-state index in [1.165, 1.54) is 42.9 Å². The Morgan fingerprint density at radius 1 is 1.14 bits per heavy atom. The van der Waals surface area contributed by atoms with Crippen LogP contribution in [-0.4, -0.2) is 18.1 Å². The molecule has 1 aromatic heterocycles. The summed E-state index contributed by atoms with van der Waals surface area (Å²) in [6.07, 6.45) is 2.67. The van der Waals surface area contributed by atoms with Crippen LogP contribution in [0, 0.1) is 20.8 Å². The van der Waals surface area contributed by atoms with E-state index in [0.29, 0.717) is 0 Å². The molecule has 0 amide bonds. The van der Waals surface area contributed by atoms with Crippen LogP contribution in [-0.2, 0) is 0 Å². The average Bonchev–Trinajstić information content (AvgIpc) is 2.63. The Balaban J connectivity index is 2.40. The first-order valence-electron chi connectivity index (χ1n) is 5.38. The van der Waals surface area contributed by atoms with Crippen LogP contribution < -0.4 is 4.90 Å². The number of pyridine rings is 1. The van der Waals surface area contributed by atoms with Crippen LogP contribution in [0.2, 0.25) is 0 Å². The van der Waals surface area contributed by atoms with Gasteiger partial charge in [0.1, 0.15) is 0 Å². The first-order valence-corrected chi connectivity index (χ1v) is 5.38. The molecule has 1 aliphatic heterocycles. The molecule has 2 heterocycles. The first-order chi connectivity index (χ1) is 6.68. The molecule has 14 heavy (non-hydrogen) atoms. The molecule has 0 spiro atoms. The molecular weight excluding hydrogens is 172 g/mol. The van der Waals surface area contributed by atoms with E-state index in [0.717, 1.165) is 5.69 Å². The number of hydrogen-bond acceptors (Lipinski definition) is 2. The zero-order valence-electron chi connectivity index (χ0n) is 9.30. The van der Waals surface area contributed by atoms with Gasteiger partial charge in [-0.2, -0.15) is 0 Å². The molecule has 0 aliphatic carbocycles. The third-order valence-electron chi connectivity index (χ3n) is 3.06. The van der Waals surface area contributed by atoms with Crippen LogP contribution in [0.4, 0.5) is 5.69 Å². The van der Waals surface area contributed by atoms with Crippen molar-refractivity contribution in [3.63, 3.8) is 0 Å². The van der Waals surface area contributed by atoms with Gasteiger partial charge in [0.2, 0.25) is 0 Å². The molecule has 1 saturated heterocycles. The highest BCUT2D eigenvalue weighted by molar-refractivity contribution is 5.55. The molecule has 0 aromatic carbocycles. The Bertz CT molecular complexity index is 338. The fourth-order valence-electron chi connectivity index (χ4n) is 2.16. The van der Waals surface area contributed by atoms with Gasteiger partial charge in [-0.25, -0.2) is 0 Å². The molecule has 0 atom stereocenters. The Morgan fingerprint density at radius 3 is 2.43 bits per heavy atom. The van der Waals surface area contributed by atoms with Gasteiger partial charge in [0.25, 0.3) is 0 Å². The lowest BCUT2D eigenvalue weighted by atomic mass is 10.1. The summed E-state index contributed by atoms with van der Waals surface area (Å²) in [5.74, 6) is 0. The smallest absolute Gasteiger partial charge is 0.0432 e. The van der Waals surface area contributed by atoms with Crippen molar-refractivity contribution >= 4 is 5.69 Å². The summed E-state index contributed by atoms with van der Waals surface area (Å²) in [5, 5.41) is 0. The monoisotopic (exact) mass is 190 g/mol. The molecule has 2 nitrogen and oxygen atoms in total. The van der Waals surface area contributed by atoms with Gasteiger partial charge in [0.05, 0.1) is 0 Å². The fraction of sp³-hybridized carbons (Fsp3) is 0.583. The van der Waals surface area contributed by atoms with Crippen LogP contribution in [0.15, 0.2) is 6.07 Å². The molecule has 0 unspecified atom stereocenters. The zero-order chi connectivity index (χ0) is 10.1. The van der Waals surface area contributed by atoms with Crippen LogP contribution >= 0.6 is 0 Å². The number of aryl methyl sites for hydroxylation is 2. The number of anilines is 1. The van der Waals surface area contributed by atoms with Crippen LogP contribution in [0.1, 0.15) is 29.8 Å². The normalized spacial score (nSPS) is 16.4. The molecule has 2 heteroatoms. The van der Waals surface area contributed by atoms with Gasteiger partial charge in [-0.05, 0) is 45.2 Å². The van der Waals surface area contributed by atoms with E-state index >= 15 is 0 Å². The second-order valence-corrected chi connectivity index (χ2v) is 4.19. The summed E-state index contributed by atoms with van der Waals surface area (Å²) in [6, 6.07) is 2.22. The molecule has 2 rings (SSSR count). The minimum absolute atomic E-state index is 1.13. The fourth-order valence-corrected chi connectivity index (χ4v) is 2.16. The molecular formula is C12H18N2. The maximum atomic E-state index is 4.48. The van der Waals surface area contributed by atoms with Crippen molar-refractivity contribution < 1.29 is 0 Å². The number of nitrogens with zero attached hydrogens (tertiary/aromatic N) is 2. The lowest BCUT2D eigenvalue weighted by Crippen LogP contribution is -2.19. The minimum atomic E-state index is 1.13. The minimum Gasteiger partial charge on any atom is -0.371 e. The Kier molecular flexibility index (Phi) is 2.44. The van der Waals surface area contributed by atoms with Gasteiger partial charge in [-0.1, -0.05) is 0 Å². The molecule has 1 aliphatic rings. The molecule has 0 radical (unpaired) electrons. The Morgan fingerprint density at radius 2 is 1.79 bits per heavy atom. The van der Waals surface area contributed by atoms with Crippen molar-refractivity contribution in [3.05, 3.63) is 23.0 Å². The van der Waals surface area contributed by atoms with Crippen molar-refractivity contribution in [1.82, 2.24) is 4.98 Å². The van der Waals surface area contributed by atoms with E-state index in [2.05, 4.69) is 36.7 Å². The maximum Gasteiger partial charge on any atom is 0.0432 e. The summed E-state index contributed by atoms with van der Waals surface area (Å²) in [5.41, 5.74) is 5.05. The highest BCUT2D eigenvalue weighted by Crippen LogP contribution is 2.26.